The number of halogens is 1. The summed E-state index contributed by atoms with van der Waals surface area (Å²) in [5.74, 6) is 1.38. The van der Waals surface area contributed by atoms with Crippen LogP contribution < -0.4 is 5.32 Å². The SMILES string of the molecule is CCC(CC)(CCl)Nc1nccc2c1ncn2C. The van der Waals surface area contributed by atoms with Crippen molar-refractivity contribution in [2.75, 3.05) is 11.2 Å². The zero-order chi connectivity index (χ0) is 13.2. The maximum Gasteiger partial charge on any atom is 0.154 e. The van der Waals surface area contributed by atoms with Gasteiger partial charge in [-0.15, -0.1) is 11.6 Å². The Bertz CT molecular complexity index is 523. The summed E-state index contributed by atoms with van der Waals surface area (Å²) in [6, 6.07) is 1.97. The fraction of sp³-hybridized carbons (Fsp3) is 0.538. The molecule has 0 unspecified atom stereocenters. The number of fused-ring (bicyclic) bond motifs is 1. The lowest BCUT2D eigenvalue weighted by Crippen LogP contribution is -2.39. The molecule has 0 aliphatic carbocycles. The summed E-state index contributed by atoms with van der Waals surface area (Å²) in [6.07, 6.45) is 5.52. The van der Waals surface area contributed by atoms with Gasteiger partial charge in [0.25, 0.3) is 0 Å². The minimum atomic E-state index is -0.111. The molecule has 2 heterocycles. The molecule has 2 rings (SSSR count). The van der Waals surface area contributed by atoms with Crippen molar-refractivity contribution in [1.82, 2.24) is 14.5 Å². The molecule has 5 heteroatoms. The second-order valence-corrected chi connectivity index (χ2v) is 4.90. The average Bonchev–Trinajstić information content (AvgIpc) is 2.79. The maximum absolute atomic E-state index is 6.11. The number of nitrogens with one attached hydrogen (secondary N) is 1. The lowest BCUT2D eigenvalue weighted by molar-refractivity contribution is 0.483. The molecule has 0 atom stereocenters. The van der Waals surface area contributed by atoms with Gasteiger partial charge in [0.15, 0.2) is 5.82 Å². The van der Waals surface area contributed by atoms with E-state index in [1.807, 2.05) is 17.7 Å². The molecule has 4 nitrogen and oxygen atoms in total. The van der Waals surface area contributed by atoms with Crippen LogP contribution in [0.5, 0.6) is 0 Å². The first-order valence-electron chi connectivity index (χ1n) is 6.26. The smallest absolute Gasteiger partial charge is 0.154 e. The van der Waals surface area contributed by atoms with Crippen molar-refractivity contribution in [1.29, 1.82) is 0 Å². The number of imidazole rings is 1. The Hall–Kier alpha value is -1.29. The molecule has 0 fully saturated rings. The average molecular weight is 267 g/mol. The molecule has 0 radical (unpaired) electrons. The van der Waals surface area contributed by atoms with Gasteiger partial charge in [0, 0.05) is 19.1 Å². The van der Waals surface area contributed by atoms with Crippen molar-refractivity contribution in [3.05, 3.63) is 18.6 Å². The second kappa shape index (κ2) is 5.14. The first-order valence-corrected chi connectivity index (χ1v) is 6.79. The van der Waals surface area contributed by atoms with E-state index in [-0.39, 0.29) is 5.54 Å². The van der Waals surface area contributed by atoms with E-state index in [0.717, 1.165) is 29.7 Å². The van der Waals surface area contributed by atoms with E-state index >= 15 is 0 Å². The highest BCUT2D eigenvalue weighted by atomic mass is 35.5. The Balaban J connectivity index is 2.42. The quantitative estimate of drug-likeness (QED) is 0.846. The molecular formula is C13H19ClN4. The number of aromatic nitrogens is 3. The summed E-state index contributed by atoms with van der Waals surface area (Å²) in [5.41, 5.74) is 1.86. The normalized spacial score (nSPS) is 12.0. The predicted octanol–water partition coefficient (Wildman–Crippen LogP) is 3.18. The molecule has 2 aromatic heterocycles. The number of aryl methyl sites for hydroxylation is 1. The van der Waals surface area contributed by atoms with E-state index in [1.165, 1.54) is 0 Å². The predicted molar refractivity (Wildman–Crippen MR) is 76.2 cm³/mol. The molecule has 18 heavy (non-hydrogen) atoms. The van der Waals surface area contributed by atoms with E-state index in [2.05, 4.69) is 29.1 Å². The summed E-state index contributed by atoms with van der Waals surface area (Å²) < 4.78 is 1.99. The largest absolute Gasteiger partial charge is 0.362 e. The molecular weight excluding hydrogens is 248 g/mol. The molecule has 98 valence electrons. The van der Waals surface area contributed by atoms with Gasteiger partial charge < -0.3 is 9.88 Å². The Morgan fingerprint density at radius 3 is 2.67 bits per heavy atom. The van der Waals surface area contributed by atoms with Crippen molar-refractivity contribution in [2.45, 2.75) is 32.2 Å². The number of nitrogens with zero attached hydrogens (tertiary/aromatic N) is 3. The van der Waals surface area contributed by atoms with Crippen LogP contribution >= 0.6 is 11.6 Å². The van der Waals surface area contributed by atoms with Crippen molar-refractivity contribution in [3.63, 3.8) is 0 Å². The summed E-state index contributed by atoms with van der Waals surface area (Å²) in [5, 5.41) is 3.48. The first-order chi connectivity index (χ1) is 8.65. The van der Waals surface area contributed by atoms with Crippen LogP contribution in [0.25, 0.3) is 11.0 Å². The number of anilines is 1. The molecule has 0 amide bonds. The molecule has 1 N–H and O–H groups in total. The highest BCUT2D eigenvalue weighted by Crippen LogP contribution is 2.26. The van der Waals surface area contributed by atoms with Gasteiger partial charge >= 0.3 is 0 Å². The minimum Gasteiger partial charge on any atom is -0.362 e. The number of hydrogen-bond donors (Lipinski definition) is 1. The van der Waals surface area contributed by atoms with Crippen molar-refractivity contribution in [2.24, 2.45) is 7.05 Å². The van der Waals surface area contributed by atoms with Crippen molar-refractivity contribution in [3.8, 4) is 0 Å². The zero-order valence-electron chi connectivity index (χ0n) is 11.1. The zero-order valence-corrected chi connectivity index (χ0v) is 11.8. The van der Waals surface area contributed by atoms with Gasteiger partial charge in [-0.05, 0) is 18.9 Å². The van der Waals surface area contributed by atoms with Gasteiger partial charge in [-0.3, -0.25) is 0 Å². The van der Waals surface area contributed by atoms with Crippen LogP contribution in [0.1, 0.15) is 26.7 Å². The Morgan fingerprint density at radius 1 is 1.33 bits per heavy atom. The Labute approximate surface area is 112 Å². The van der Waals surface area contributed by atoms with Crippen LogP contribution in [0.15, 0.2) is 18.6 Å². The van der Waals surface area contributed by atoms with Crippen LogP contribution in [0.2, 0.25) is 0 Å². The van der Waals surface area contributed by atoms with E-state index < -0.39 is 0 Å². The Kier molecular flexibility index (Phi) is 3.76. The summed E-state index contributed by atoms with van der Waals surface area (Å²) >= 11 is 6.11. The molecule has 0 saturated heterocycles. The van der Waals surface area contributed by atoms with E-state index in [1.54, 1.807) is 12.5 Å². The summed E-state index contributed by atoms with van der Waals surface area (Å²) in [6.45, 7) is 4.27. The van der Waals surface area contributed by atoms with E-state index in [4.69, 9.17) is 11.6 Å². The van der Waals surface area contributed by atoms with Gasteiger partial charge in [0.05, 0.1) is 17.4 Å². The topological polar surface area (TPSA) is 42.7 Å². The monoisotopic (exact) mass is 266 g/mol. The molecule has 0 aliphatic heterocycles. The molecule has 0 aromatic carbocycles. The fourth-order valence-electron chi connectivity index (χ4n) is 2.05. The number of rotatable bonds is 5. The van der Waals surface area contributed by atoms with Gasteiger partial charge in [0.2, 0.25) is 0 Å². The maximum atomic E-state index is 6.11. The van der Waals surface area contributed by atoms with Gasteiger partial charge in [-0.1, -0.05) is 13.8 Å². The van der Waals surface area contributed by atoms with Gasteiger partial charge in [-0.25, -0.2) is 9.97 Å². The lowest BCUT2D eigenvalue weighted by atomic mass is 9.95. The summed E-state index contributed by atoms with van der Waals surface area (Å²) in [4.78, 5) is 8.80. The third kappa shape index (κ3) is 2.17. The molecule has 0 aliphatic rings. The first kappa shape index (κ1) is 13.1. The van der Waals surface area contributed by atoms with Gasteiger partial charge in [-0.2, -0.15) is 0 Å². The second-order valence-electron chi connectivity index (χ2n) is 4.63. The number of pyridine rings is 1. The highest BCUT2D eigenvalue weighted by Gasteiger charge is 2.26. The van der Waals surface area contributed by atoms with Crippen molar-refractivity contribution < 1.29 is 0 Å². The van der Waals surface area contributed by atoms with E-state index in [0.29, 0.717) is 5.88 Å². The molecule has 2 aromatic rings. The van der Waals surface area contributed by atoms with E-state index in [9.17, 15) is 0 Å². The fourth-order valence-corrected chi connectivity index (χ4v) is 2.50. The molecule has 0 saturated carbocycles. The highest BCUT2D eigenvalue weighted by molar-refractivity contribution is 6.18. The van der Waals surface area contributed by atoms with Crippen LogP contribution in [-0.4, -0.2) is 26.0 Å². The minimum absolute atomic E-state index is 0.111. The third-order valence-corrected chi connectivity index (χ3v) is 4.15. The standard InChI is InChI=1S/C13H19ClN4/c1-4-13(5-2,8-14)17-12-11-10(6-7-15-12)18(3)9-16-11/h6-7,9H,4-5,8H2,1-3H3,(H,15,17). The lowest BCUT2D eigenvalue weighted by Gasteiger charge is -2.31. The van der Waals surface area contributed by atoms with Crippen LogP contribution in [0.3, 0.4) is 0 Å². The molecule has 0 spiro atoms. The number of hydrogen-bond acceptors (Lipinski definition) is 3. The van der Waals surface area contributed by atoms with Crippen LogP contribution in [-0.2, 0) is 7.05 Å². The van der Waals surface area contributed by atoms with Crippen LogP contribution in [0, 0.1) is 0 Å². The van der Waals surface area contributed by atoms with Gasteiger partial charge in [0.1, 0.15) is 5.52 Å². The number of alkyl halides is 1. The summed E-state index contributed by atoms with van der Waals surface area (Å²) in [7, 11) is 1.98. The van der Waals surface area contributed by atoms with Crippen LogP contribution in [0.4, 0.5) is 5.82 Å². The van der Waals surface area contributed by atoms with Crippen molar-refractivity contribution >= 4 is 28.5 Å². The third-order valence-electron chi connectivity index (χ3n) is 3.64. The Morgan fingerprint density at radius 2 is 2.06 bits per heavy atom. The molecule has 0 bridgehead atoms.